The van der Waals surface area contributed by atoms with Crippen molar-refractivity contribution in [1.82, 2.24) is 5.32 Å². The van der Waals surface area contributed by atoms with Crippen LogP contribution in [0.2, 0.25) is 0 Å². The van der Waals surface area contributed by atoms with Gasteiger partial charge in [0.2, 0.25) is 0 Å². The molecule has 11 heavy (non-hydrogen) atoms. The number of hydrogen-bond donors (Lipinski definition) is 1. The van der Waals surface area contributed by atoms with Gasteiger partial charge in [-0.05, 0) is 6.92 Å². The molecule has 0 fully saturated rings. The molecule has 0 saturated heterocycles. The Hall–Kier alpha value is -1.18. The fraction of sp³-hybridized carbons (Fsp3) is 0.667. The minimum absolute atomic E-state index is 0.0401. The average Bonchev–Trinajstić information content (AvgIpc) is 1.87. The lowest BCUT2D eigenvalue weighted by Crippen LogP contribution is -2.36. The van der Waals surface area contributed by atoms with Crippen LogP contribution in [-0.4, -0.2) is 18.4 Å². The Bertz CT molecular complexity index is 176. The molecule has 0 bridgehead atoms. The molecule has 5 heteroatoms. The highest BCUT2D eigenvalue weighted by molar-refractivity contribution is 5.79. The maximum atomic E-state index is 11.5. The Morgan fingerprint density at radius 3 is 2.64 bits per heavy atom. The number of alkyl halides is 2. The zero-order valence-corrected chi connectivity index (χ0v) is 5.97. The first kappa shape index (κ1) is 9.82. The Morgan fingerprint density at radius 2 is 2.27 bits per heavy atom. The van der Waals surface area contributed by atoms with Gasteiger partial charge < -0.3 is 5.32 Å². The molecule has 0 aliphatic heterocycles. The number of amides is 1. The van der Waals surface area contributed by atoms with Crippen LogP contribution >= 0.6 is 0 Å². The van der Waals surface area contributed by atoms with Gasteiger partial charge in [0, 0.05) is 6.04 Å². The minimum Gasteiger partial charge on any atom is -0.348 e. The second kappa shape index (κ2) is 4.61. The van der Waals surface area contributed by atoms with E-state index in [0.717, 1.165) is 0 Å². The Kier molecular flexibility index (Phi) is 4.11. The van der Waals surface area contributed by atoms with Crippen molar-refractivity contribution in [2.75, 3.05) is 0 Å². The van der Waals surface area contributed by atoms with Crippen LogP contribution in [0.3, 0.4) is 0 Å². The van der Waals surface area contributed by atoms with Gasteiger partial charge in [-0.25, -0.2) is 0 Å². The largest absolute Gasteiger partial charge is 0.348 e. The third-order valence-electron chi connectivity index (χ3n) is 0.984. The monoisotopic (exact) mass is 162 g/mol. The second-order valence-corrected chi connectivity index (χ2v) is 2.07. The summed E-state index contributed by atoms with van der Waals surface area (Å²) in [6.45, 7) is 1.49. The molecule has 0 aromatic rings. The van der Waals surface area contributed by atoms with E-state index in [9.17, 15) is 13.6 Å². The maximum Gasteiger partial charge on any atom is 0.315 e. The summed E-state index contributed by atoms with van der Waals surface area (Å²) in [7, 11) is 0. The van der Waals surface area contributed by atoms with Gasteiger partial charge >= 0.3 is 6.43 Å². The highest BCUT2D eigenvalue weighted by atomic mass is 19.3. The van der Waals surface area contributed by atoms with E-state index < -0.39 is 18.4 Å². The predicted octanol–water partition coefficient (Wildman–Crippen LogP) is 0.670. The number of hydrogen-bond acceptors (Lipinski definition) is 2. The summed E-state index contributed by atoms with van der Waals surface area (Å²) < 4.78 is 23.1. The number of nitrogens with zero attached hydrogens (tertiary/aromatic N) is 1. The molecule has 1 atom stereocenters. The summed E-state index contributed by atoms with van der Waals surface area (Å²) in [4.78, 5) is 10.3. The molecular weight excluding hydrogens is 154 g/mol. The van der Waals surface area contributed by atoms with Crippen molar-refractivity contribution in [1.29, 1.82) is 5.26 Å². The SMILES string of the molecule is CC(CC#N)NC(=O)C(F)F. The zero-order valence-electron chi connectivity index (χ0n) is 5.97. The van der Waals surface area contributed by atoms with E-state index >= 15 is 0 Å². The van der Waals surface area contributed by atoms with Gasteiger partial charge in [0.1, 0.15) is 0 Å². The van der Waals surface area contributed by atoms with Crippen LogP contribution in [0, 0.1) is 11.3 Å². The number of nitrogens with one attached hydrogen (secondary N) is 1. The van der Waals surface area contributed by atoms with Gasteiger partial charge in [-0.15, -0.1) is 0 Å². The van der Waals surface area contributed by atoms with Crippen LogP contribution in [0.4, 0.5) is 8.78 Å². The van der Waals surface area contributed by atoms with Crippen molar-refractivity contribution < 1.29 is 13.6 Å². The number of carbonyl (C=O) groups is 1. The molecule has 0 aromatic heterocycles. The van der Waals surface area contributed by atoms with Crippen molar-refractivity contribution in [2.45, 2.75) is 25.8 Å². The molecular formula is C6H8F2N2O. The van der Waals surface area contributed by atoms with Gasteiger partial charge in [0.05, 0.1) is 12.5 Å². The van der Waals surface area contributed by atoms with E-state index in [1.807, 2.05) is 5.32 Å². The van der Waals surface area contributed by atoms with Gasteiger partial charge in [0.25, 0.3) is 5.91 Å². The number of nitriles is 1. The van der Waals surface area contributed by atoms with E-state index in [2.05, 4.69) is 0 Å². The fourth-order valence-corrected chi connectivity index (χ4v) is 0.494. The molecule has 0 rings (SSSR count). The van der Waals surface area contributed by atoms with E-state index in [-0.39, 0.29) is 6.42 Å². The molecule has 0 aliphatic carbocycles. The van der Waals surface area contributed by atoms with E-state index in [0.29, 0.717) is 0 Å². The first-order valence-corrected chi connectivity index (χ1v) is 3.03. The smallest absolute Gasteiger partial charge is 0.315 e. The molecule has 0 heterocycles. The molecule has 0 spiro atoms. The van der Waals surface area contributed by atoms with Crippen LogP contribution < -0.4 is 5.32 Å². The molecule has 1 unspecified atom stereocenters. The third kappa shape index (κ3) is 4.25. The fourth-order valence-electron chi connectivity index (χ4n) is 0.494. The molecule has 0 aromatic carbocycles. The van der Waals surface area contributed by atoms with Crippen molar-refractivity contribution >= 4 is 5.91 Å². The van der Waals surface area contributed by atoms with Crippen LogP contribution in [-0.2, 0) is 4.79 Å². The van der Waals surface area contributed by atoms with Crippen LogP contribution in [0.15, 0.2) is 0 Å². The Balaban J connectivity index is 3.68. The summed E-state index contributed by atoms with van der Waals surface area (Å²) in [6.07, 6.45) is -2.96. The Labute approximate surface area is 63.0 Å². The second-order valence-electron chi connectivity index (χ2n) is 2.07. The third-order valence-corrected chi connectivity index (χ3v) is 0.984. The van der Waals surface area contributed by atoms with Gasteiger partial charge in [-0.2, -0.15) is 14.0 Å². The predicted molar refractivity (Wildman–Crippen MR) is 33.8 cm³/mol. The topological polar surface area (TPSA) is 52.9 Å². The molecule has 3 nitrogen and oxygen atoms in total. The highest BCUT2D eigenvalue weighted by Crippen LogP contribution is 1.94. The molecule has 1 N–H and O–H groups in total. The summed E-state index contributed by atoms with van der Waals surface area (Å²) in [5, 5.41) is 10.1. The van der Waals surface area contributed by atoms with Gasteiger partial charge in [-0.1, -0.05) is 0 Å². The van der Waals surface area contributed by atoms with Crippen LogP contribution in [0.5, 0.6) is 0 Å². The number of carbonyl (C=O) groups excluding carboxylic acids is 1. The van der Waals surface area contributed by atoms with E-state index in [1.54, 1.807) is 6.07 Å². The van der Waals surface area contributed by atoms with Crippen molar-refractivity contribution in [2.24, 2.45) is 0 Å². The quantitative estimate of drug-likeness (QED) is 0.663. The minimum atomic E-state index is -3.00. The number of halogens is 2. The van der Waals surface area contributed by atoms with Crippen molar-refractivity contribution in [3.8, 4) is 6.07 Å². The lowest BCUT2D eigenvalue weighted by Gasteiger charge is -2.08. The average molecular weight is 162 g/mol. The molecule has 1 amide bonds. The summed E-state index contributed by atoms with van der Waals surface area (Å²) in [5.74, 6) is -1.33. The molecule has 0 radical (unpaired) electrons. The molecule has 0 aliphatic rings. The zero-order chi connectivity index (χ0) is 8.85. The molecule has 62 valence electrons. The van der Waals surface area contributed by atoms with Crippen molar-refractivity contribution in [3.63, 3.8) is 0 Å². The first-order chi connectivity index (χ1) is 5.07. The summed E-state index contributed by atoms with van der Waals surface area (Å²) in [6, 6.07) is 1.24. The molecule has 0 saturated carbocycles. The van der Waals surface area contributed by atoms with Crippen LogP contribution in [0.25, 0.3) is 0 Å². The normalized spacial score (nSPS) is 12.3. The standard InChI is InChI=1S/C6H8F2N2O/c1-4(2-3-9)10-6(11)5(7)8/h4-5H,2H2,1H3,(H,10,11). The highest BCUT2D eigenvalue weighted by Gasteiger charge is 2.16. The lowest BCUT2D eigenvalue weighted by molar-refractivity contribution is -0.132. The van der Waals surface area contributed by atoms with Crippen molar-refractivity contribution in [3.05, 3.63) is 0 Å². The van der Waals surface area contributed by atoms with E-state index in [1.165, 1.54) is 6.92 Å². The van der Waals surface area contributed by atoms with Gasteiger partial charge in [-0.3, -0.25) is 4.79 Å². The summed E-state index contributed by atoms with van der Waals surface area (Å²) in [5.41, 5.74) is 0. The first-order valence-electron chi connectivity index (χ1n) is 3.03. The Morgan fingerprint density at radius 1 is 1.73 bits per heavy atom. The van der Waals surface area contributed by atoms with E-state index in [4.69, 9.17) is 5.26 Å². The number of rotatable bonds is 3. The lowest BCUT2D eigenvalue weighted by atomic mass is 10.2. The maximum absolute atomic E-state index is 11.5. The van der Waals surface area contributed by atoms with Crippen LogP contribution in [0.1, 0.15) is 13.3 Å². The van der Waals surface area contributed by atoms with Gasteiger partial charge in [0.15, 0.2) is 0 Å². The summed E-state index contributed by atoms with van der Waals surface area (Å²) >= 11 is 0.